The second-order valence-corrected chi connectivity index (χ2v) is 3.88. The summed E-state index contributed by atoms with van der Waals surface area (Å²) in [7, 11) is 4.08. The van der Waals surface area contributed by atoms with E-state index in [-0.39, 0.29) is 0 Å². The Bertz CT molecular complexity index is 355. The molecule has 0 unspecified atom stereocenters. The van der Waals surface area contributed by atoms with E-state index in [1.165, 1.54) is 5.69 Å². The van der Waals surface area contributed by atoms with Gasteiger partial charge in [0, 0.05) is 18.8 Å². The summed E-state index contributed by atoms with van der Waals surface area (Å²) in [4.78, 5) is 2.12. The van der Waals surface area contributed by atoms with Gasteiger partial charge in [-0.15, -0.1) is 0 Å². The van der Waals surface area contributed by atoms with Crippen molar-refractivity contribution in [3.8, 4) is 6.07 Å². The maximum atomic E-state index is 8.99. The molecule has 0 amide bonds. The molecule has 14 heavy (non-hydrogen) atoms. The molecule has 0 saturated heterocycles. The molecule has 3 nitrogen and oxygen atoms in total. The summed E-state index contributed by atoms with van der Waals surface area (Å²) in [6.45, 7) is 5.88. The van der Waals surface area contributed by atoms with Crippen molar-refractivity contribution in [1.29, 1.82) is 5.26 Å². The zero-order chi connectivity index (χ0) is 10.7. The van der Waals surface area contributed by atoms with E-state index in [1.807, 2.05) is 27.9 Å². The Balaban J connectivity index is 2.90. The van der Waals surface area contributed by atoms with Crippen molar-refractivity contribution in [2.45, 2.75) is 20.4 Å². The van der Waals surface area contributed by atoms with Gasteiger partial charge in [0.2, 0.25) is 0 Å². The van der Waals surface area contributed by atoms with E-state index in [2.05, 4.69) is 21.6 Å². The molecule has 0 aliphatic carbocycles. The van der Waals surface area contributed by atoms with Crippen molar-refractivity contribution in [1.82, 2.24) is 9.47 Å². The van der Waals surface area contributed by atoms with E-state index < -0.39 is 0 Å². The first kappa shape index (κ1) is 10.8. The van der Waals surface area contributed by atoms with E-state index in [0.717, 1.165) is 24.3 Å². The summed E-state index contributed by atoms with van der Waals surface area (Å²) in [5, 5.41) is 8.99. The molecular formula is C11H17N3. The van der Waals surface area contributed by atoms with E-state index in [9.17, 15) is 0 Å². The highest BCUT2D eigenvalue weighted by atomic mass is 15.1. The van der Waals surface area contributed by atoms with Crippen molar-refractivity contribution >= 4 is 0 Å². The highest BCUT2D eigenvalue weighted by Crippen LogP contribution is 2.13. The lowest BCUT2D eigenvalue weighted by molar-refractivity contribution is 0.381. The molecule has 1 aromatic heterocycles. The topological polar surface area (TPSA) is 32.0 Å². The molecule has 3 heteroatoms. The Morgan fingerprint density at radius 1 is 1.43 bits per heavy atom. The van der Waals surface area contributed by atoms with Gasteiger partial charge in [-0.2, -0.15) is 5.26 Å². The first-order valence-corrected chi connectivity index (χ1v) is 4.78. The van der Waals surface area contributed by atoms with Crippen molar-refractivity contribution in [3.63, 3.8) is 0 Å². The van der Waals surface area contributed by atoms with Gasteiger partial charge in [-0.1, -0.05) is 0 Å². The average molecular weight is 191 g/mol. The van der Waals surface area contributed by atoms with Crippen LogP contribution in [-0.2, 0) is 6.54 Å². The first-order valence-electron chi connectivity index (χ1n) is 4.78. The van der Waals surface area contributed by atoms with Gasteiger partial charge in [-0.3, -0.25) is 0 Å². The summed E-state index contributed by atoms with van der Waals surface area (Å²) >= 11 is 0. The number of likely N-dealkylation sites (N-methyl/N-ethyl adjacent to an activating group) is 1. The number of aromatic nitrogens is 1. The monoisotopic (exact) mass is 191 g/mol. The fourth-order valence-electron chi connectivity index (χ4n) is 1.59. The highest BCUT2D eigenvalue weighted by molar-refractivity contribution is 5.35. The Morgan fingerprint density at radius 3 is 2.57 bits per heavy atom. The number of nitrogens with zero attached hydrogens (tertiary/aromatic N) is 3. The molecule has 0 radical (unpaired) electrons. The van der Waals surface area contributed by atoms with E-state index in [0.29, 0.717) is 0 Å². The Morgan fingerprint density at radius 2 is 2.07 bits per heavy atom. The molecule has 0 aliphatic rings. The highest BCUT2D eigenvalue weighted by Gasteiger charge is 2.08. The van der Waals surface area contributed by atoms with Crippen LogP contribution in [0.25, 0.3) is 0 Å². The van der Waals surface area contributed by atoms with E-state index in [1.54, 1.807) is 0 Å². The Labute approximate surface area is 85.6 Å². The molecule has 76 valence electrons. The van der Waals surface area contributed by atoms with Crippen molar-refractivity contribution in [3.05, 3.63) is 23.0 Å². The standard InChI is InChI=1S/C11H17N3/c1-9-7-10(2)14(11(9)8-12)6-5-13(3)4/h7H,5-6H2,1-4H3. The molecule has 1 heterocycles. The quantitative estimate of drug-likeness (QED) is 0.725. The summed E-state index contributed by atoms with van der Waals surface area (Å²) in [6.07, 6.45) is 0. The average Bonchev–Trinajstić information content (AvgIpc) is 2.36. The van der Waals surface area contributed by atoms with Crippen LogP contribution in [0.1, 0.15) is 17.0 Å². The van der Waals surface area contributed by atoms with Crippen molar-refractivity contribution in [2.24, 2.45) is 0 Å². The molecule has 0 atom stereocenters. The molecule has 0 fully saturated rings. The fraction of sp³-hybridized carbons (Fsp3) is 0.545. The molecule has 1 rings (SSSR count). The molecular weight excluding hydrogens is 174 g/mol. The summed E-state index contributed by atoms with van der Waals surface area (Å²) in [5.74, 6) is 0. The number of nitriles is 1. The largest absolute Gasteiger partial charge is 0.335 e. The zero-order valence-electron chi connectivity index (χ0n) is 9.33. The minimum atomic E-state index is 0.796. The van der Waals surface area contributed by atoms with Gasteiger partial charge in [-0.25, -0.2) is 0 Å². The lowest BCUT2D eigenvalue weighted by atomic mass is 10.3. The van der Waals surface area contributed by atoms with Gasteiger partial charge in [-0.05, 0) is 39.6 Å². The number of rotatable bonds is 3. The molecule has 0 spiro atoms. The normalized spacial score (nSPS) is 10.6. The Kier molecular flexibility index (Phi) is 3.32. The van der Waals surface area contributed by atoms with Crippen LogP contribution in [0.5, 0.6) is 0 Å². The van der Waals surface area contributed by atoms with Crippen LogP contribution in [-0.4, -0.2) is 30.1 Å². The minimum absolute atomic E-state index is 0.796. The smallest absolute Gasteiger partial charge is 0.123 e. The van der Waals surface area contributed by atoms with Gasteiger partial charge >= 0.3 is 0 Å². The van der Waals surface area contributed by atoms with Gasteiger partial charge in [0.1, 0.15) is 11.8 Å². The number of hydrogen-bond donors (Lipinski definition) is 0. The lowest BCUT2D eigenvalue weighted by Crippen LogP contribution is -2.19. The van der Waals surface area contributed by atoms with Crippen molar-refractivity contribution < 1.29 is 0 Å². The maximum absolute atomic E-state index is 8.99. The van der Waals surface area contributed by atoms with Crippen molar-refractivity contribution in [2.75, 3.05) is 20.6 Å². The third kappa shape index (κ3) is 2.15. The molecule has 1 aromatic rings. The summed E-state index contributed by atoms with van der Waals surface area (Å²) in [6, 6.07) is 4.32. The lowest BCUT2D eigenvalue weighted by Gasteiger charge is -2.12. The van der Waals surface area contributed by atoms with Gasteiger partial charge in [0.05, 0.1) is 0 Å². The molecule has 0 N–H and O–H groups in total. The predicted molar refractivity (Wildman–Crippen MR) is 57.2 cm³/mol. The van der Waals surface area contributed by atoms with Gasteiger partial charge in [0.15, 0.2) is 0 Å². The SMILES string of the molecule is Cc1cc(C)n(CCN(C)C)c1C#N. The van der Waals surface area contributed by atoms with E-state index in [4.69, 9.17) is 5.26 Å². The molecule has 0 aliphatic heterocycles. The summed E-state index contributed by atoms with van der Waals surface area (Å²) < 4.78 is 2.08. The fourth-order valence-corrected chi connectivity index (χ4v) is 1.59. The van der Waals surface area contributed by atoms with Crippen LogP contribution in [0.2, 0.25) is 0 Å². The van der Waals surface area contributed by atoms with E-state index >= 15 is 0 Å². The van der Waals surface area contributed by atoms with Gasteiger partial charge < -0.3 is 9.47 Å². The van der Waals surface area contributed by atoms with Crippen LogP contribution in [0.4, 0.5) is 0 Å². The third-order valence-electron chi connectivity index (χ3n) is 2.37. The maximum Gasteiger partial charge on any atom is 0.123 e. The van der Waals surface area contributed by atoms with Crippen LogP contribution in [0.3, 0.4) is 0 Å². The minimum Gasteiger partial charge on any atom is -0.335 e. The number of hydrogen-bond acceptors (Lipinski definition) is 2. The second-order valence-electron chi connectivity index (χ2n) is 3.88. The van der Waals surface area contributed by atoms with Crippen LogP contribution < -0.4 is 0 Å². The zero-order valence-corrected chi connectivity index (χ0v) is 9.33. The molecule has 0 bridgehead atoms. The second kappa shape index (κ2) is 4.30. The van der Waals surface area contributed by atoms with Crippen LogP contribution >= 0.6 is 0 Å². The number of aryl methyl sites for hydroxylation is 2. The Hall–Kier alpha value is -1.27. The third-order valence-corrected chi connectivity index (χ3v) is 2.37. The predicted octanol–water partition coefficient (Wildman–Crippen LogP) is 1.54. The van der Waals surface area contributed by atoms with Crippen LogP contribution in [0.15, 0.2) is 6.07 Å². The first-order chi connectivity index (χ1) is 6.56. The van der Waals surface area contributed by atoms with Crippen LogP contribution in [0, 0.1) is 25.2 Å². The molecule has 0 saturated carbocycles. The van der Waals surface area contributed by atoms with Gasteiger partial charge in [0.25, 0.3) is 0 Å². The summed E-state index contributed by atoms with van der Waals surface area (Å²) in [5.41, 5.74) is 3.04. The molecule has 0 aromatic carbocycles.